The van der Waals surface area contributed by atoms with E-state index >= 15 is 0 Å². The summed E-state index contributed by atoms with van der Waals surface area (Å²) in [5, 5.41) is 9.70. The van der Waals surface area contributed by atoms with E-state index in [-0.39, 0.29) is 5.69 Å². The van der Waals surface area contributed by atoms with Gasteiger partial charge in [0.05, 0.1) is 7.11 Å². The van der Waals surface area contributed by atoms with Crippen molar-refractivity contribution >= 4 is 16.9 Å². The molecule has 0 amide bonds. The number of carbonyl (C=O) groups is 1. The second-order valence-corrected chi connectivity index (χ2v) is 3.40. The first-order valence-electron chi connectivity index (χ1n) is 4.52. The number of fused-ring (bicyclic) bond motifs is 1. The number of aryl methyl sites for hydroxylation is 1. The number of nitrogens with one attached hydrogen (secondary N) is 1. The lowest BCUT2D eigenvalue weighted by Gasteiger charge is -2.03. The third-order valence-electron chi connectivity index (χ3n) is 2.37. The lowest BCUT2D eigenvalue weighted by Crippen LogP contribution is -1.94. The molecule has 0 atom stereocenters. The van der Waals surface area contributed by atoms with Crippen molar-refractivity contribution in [2.75, 3.05) is 7.11 Å². The van der Waals surface area contributed by atoms with Gasteiger partial charge in [0.15, 0.2) is 0 Å². The zero-order chi connectivity index (χ0) is 11.0. The summed E-state index contributed by atoms with van der Waals surface area (Å²) in [6.45, 7) is 1.92. The van der Waals surface area contributed by atoms with E-state index in [2.05, 4.69) is 4.98 Å². The Morgan fingerprint density at radius 1 is 1.40 bits per heavy atom. The molecule has 0 spiro atoms. The summed E-state index contributed by atoms with van der Waals surface area (Å²) < 4.78 is 5.16. The summed E-state index contributed by atoms with van der Waals surface area (Å²) in [5.74, 6) is -0.205. The van der Waals surface area contributed by atoms with E-state index in [9.17, 15) is 4.79 Å². The number of aromatic amines is 1. The van der Waals surface area contributed by atoms with Gasteiger partial charge in [0.25, 0.3) is 0 Å². The van der Waals surface area contributed by atoms with E-state index < -0.39 is 5.97 Å². The Labute approximate surface area is 86.5 Å². The van der Waals surface area contributed by atoms with Crippen molar-refractivity contribution in [3.63, 3.8) is 0 Å². The van der Waals surface area contributed by atoms with Gasteiger partial charge in [-0.1, -0.05) is 0 Å². The molecule has 0 radical (unpaired) electrons. The fourth-order valence-electron chi connectivity index (χ4n) is 1.61. The van der Waals surface area contributed by atoms with E-state index in [1.54, 1.807) is 19.2 Å². The topological polar surface area (TPSA) is 62.3 Å². The smallest absolute Gasteiger partial charge is 0.352 e. The van der Waals surface area contributed by atoms with Crippen molar-refractivity contribution in [3.05, 3.63) is 29.5 Å². The first-order valence-corrected chi connectivity index (χ1v) is 4.52. The van der Waals surface area contributed by atoms with Gasteiger partial charge < -0.3 is 14.8 Å². The quantitative estimate of drug-likeness (QED) is 0.789. The minimum Gasteiger partial charge on any atom is -0.496 e. The lowest BCUT2D eigenvalue weighted by atomic mass is 10.1. The first kappa shape index (κ1) is 9.58. The summed E-state index contributed by atoms with van der Waals surface area (Å²) in [5.41, 5.74) is 1.95. The standard InChI is InChI=1S/C11H11NO3/c1-6-3-7-4-9(11(13)14)12-8(7)5-10(6)15-2/h3-5,12H,1-2H3,(H,13,14). The molecule has 0 bridgehead atoms. The Bertz CT molecular complexity index is 528. The highest BCUT2D eigenvalue weighted by Gasteiger charge is 2.09. The van der Waals surface area contributed by atoms with Crippen molar-refractivity contribution < 1.29 is 14.6 Å². The van der Waals surface area contributed by atoms with Crippen LogP contribution in [0.15, 0.2) is 18.2 Å². The number of aromatic nitrogens is 1. The van der Waals surface area contributed by atoms with Crippen molar-refractivity contribution in [2.45, 2.75) is 6.92 Å². The van der Waals surface area contributed by atoms with E-state index in [1.165, 1.54) is 0 Å². The highest BCUT2D eigenvalue weighted by molar-refractivity contribution is 5.94. The largest absolute Gasteiger partial charge is 0.496 e. The Hall–Kier alpha value is -1.97. The molecule has 0 saturated carbocycles. The molecule has 0 aliphatic rings. The molecule has 2 rings (SSSR count). The number of benzene rings is 1. The number of methoxy groups -OCH3 is 1. The number of rotatable bonds is 2. The van der Waals surface area contributed by atoms with Crippen LogP contribution in [0, 0.1) is 6.92 Å². The molecule has 0 saturated heterocycles. The van der Waals surface area contributed by atoms with Crippen LogP contribution in [-0.2, 0) is 0 Å². The van der Waals surface area contributed by atoms with Crippen molar-refractivity contribution in [2.24, 2.45) is 0 Å². The molecule has 0 aliphatic heterocycles. The summed E-state index contributed by atoms with van der Waals surface area (Å²) in [4.78, 5) is 13.6. The number of ether oxygens (including phenoxy) is 1. The van der Waals surface area contributed by atoms with Gasteiger partial charge in [-0.3, -0.25) is 0 Å². The fourth-order valence-corrected chi connectivity index (χ4v) is 1.61. The average molecular weight is 205 g/mol. The van der Waals surface area contributed by atoms with E-state index in [4.69, 9.17) is 9.84 Å². The van der Waals surface area contributed by atoms with Gasteiger partial charge >= 0.3 is 5.97 Å². The summed E-state index contributed by atoms with van der Waals surface area (Å²) in [7, 11) is 1.59. The van der Waals surface area contributed by atoms with Crippen LogP contribution in [0.2, 0.25) is 0 Å². The molecule has 0 aliphatic carbocycles. The number of hydrogen-bond donors (Lipinski definition) is 2. The number of hydrogen-bond acceptors (Lipinski definition) is 2. The molecular formula is C11H11NO3. The molecular weight excluding hydrogens is 194 g/mol. The van der Waals surface area contributed by atoms with Crippen LogP contribution in [0.3, 0.4) is 0 Å². The molecule has 0 fully saturated rings. The van der Waals surface area contributed by atoms with Gasteiger partial charge in [-0.15, -0.1) is 0 Å². The molecule has 15 heavy (non-hydrogen) atoms. The minimum atomic E-state index is -0.956. The zero-order valence-electron chi connectivity index (χ0n) is 8.50. The predicted molar refractivity (Wildman–Crippen MR) is 56.5 cm³/mol. The number of carboxylic acid groups (broad SMARTS) is 1. The SMILES string of the molecule is COc1cc2[nH]c(C(=O)O)cc2cc1C. The van der Waals surface area contributed by atoms with Crippen LogP contribution >= 0.6 is 0 Å². The summed E-state index contributed by atoms with van der Waals surface area (Å²) >= 11 is 0. The number of carboxylic acids is 1. The maximum atomic E-state index is 10.7. The Balaban J connectivity index is 2.66. The summed E-state index contributed by atoms with van der Waals surface area (Å²) in [6.07, 6.45) is 0. The Morgan fingerprint density at radius 3 is 2.73 bits per heavy atom. The van der Waals surface area contributed by atoms with Crippen molar-refractivity contribution in [3.8, 4) is 5.75 Å². The van der Waals surface area contributed by atoms with E-state index in [1.807, 2.05) is 13.0 Å². The van der Waals surface area contributed by atoms with Crippen molar-refractivity contribution in [1.29, 1.82) is 0 Å². The number of H-pyrrole nitrogens is 1. The van der Waals surface area contributed by atoms with Crippen LogP contribution in [0.5, 0.6) is 5.75 Å². The molecule has 1 aromatic heterocycles. The maximum absolute atomic E-state index is 10.7. The van der Waals surface area contributed by atoms with Gasteiger partial charge in [-0.05, 0) is 24.6 Å². The highest BCUT2D eigenvalue weighted by atomic mass is 16.5. The van der Waals surface area contributed by atoms with E-state index in [0.29, 0.717) is 0 Å². The third kappa shape index (κ3) is 1.54. The highest BCUT2D eigenvalue weighted by Crippen LogP contribution is 2.25. The van der Waals surface area contributed by atoms with Gasteiger partial charge in [0, 0.05) is 17.0 Å². The van der Waals surface area contributed by atoms with Crippen LogP contribution in [0.1, 0.15) is 16.1 Å². The first-order chi connectivity index (χ1) is 7.11. The van der Waals surface area contributed by atoms with E-state index in [0.717, 1.165) is 22.2 Å². The van der Waals surface area contributed by atoms with Crippen molar-refractivity contribution in [1.82, 2.24) is 4.98 Å². The van der Waals surface area contributed by atoms with Gasteiger partial charge in [0.2, 0.25) is 0 Å². The van der Waals surface area contributed by atoms with Crippen LogP contribution < -0.4 is 4.74 Å². The van der Waals surface area contributed by atoms with Gasteiger partial charge in [-0.25, -0.2) is 4.79 Å². The molecule has 2 aromatic rings. The van der Waals surface area contributed by atoms with Crippen LogP contribution in [-0.4, -0.2) is 23.2 Å². The van der Waals surface area contributed by atoms with Crippen LogP contribution in [0.4, 0.5) is 0 Å². The molecule has 4 heteroatoms. The molecule has 4 nitrogen and oxygen atoms in total. The monoisotopic (exact) mass is 205 g/mol. The number of aromatic carboxylic acids is 1. The zero-order valence-corrected chi connectivity index (χ0v) is 8.50. The molecule has 0 unspecified atom stereocenters. The normalized spacial score (nSPS) is 10.5. The molecule has 1 heterocycles. The van der Waals surface area contributed by atoms with Crippen LogP contribution in [0.25, 0.3) is 10.9 Å². The average Bonchev–Trinajstić information content (AvgIpc) is 2.59. The van der Waals surface area contributed by atoms with Gasteiger partial charge in [0.1, 0.15) is 11.4 Å². The predicted octanol–water partition coefficient (Wildman–Crippen LogP) is 2.18. The maximum Gasteiger partial charge on any atom is 0.352 e. The fraction of sp³-hybridized carbons (Fsp3) is 0.182. The summed E-state index contributed by atoms with van der Waals surface area (Å²) in [6, 6.07) is 5.32. The Morgan fingerprint density at radius 2 is 2.13 bits per heavy atom. The molecule has 2 N–H and O–H groups in total. The molecule has 78 valence electrons. The second-order valence-electron chi connectivity index (χ2n) is 3.40. The second kappa shape index (κ2) is 3.31. The molecule has 1 aromatic carbocycles. The lowest BCUT2D eigenvalue weighted by molar-refractivity contribution is 0.0691. The Kier molecular flexibility index (Phi) is 2.11. The van der Waals surface area contributed by atoms with Gasteiger partial charge in [-0.2, -0.15) is 0 Å². The minimum absolute atomic E-state index is 0.192. The third-order valence-corrected chi connectivity index (χ3v) is 2.37.